The minimum absolute atomic E-state index is 0.00977. The lowest BCUT2D eigenvalue weighted by atomic mass is 10.3. The zero-order valence-electron chi connectivity index (χ0n) is 8.73. The van der Waals surface area contributed by atoms with Gasteiger partial charge in [0.2, 0.25) is 5.01 Å². The van der Waals surface area contributed by atoms with Crippen LogP contribution in [0.15, 0.2) is 0 Å². The number of hydrogen-bond donors (Lipinski definition) is 1. The highest BCUT2D eigenvalue weighted by molar-refractivity contribution is 7.14. The molecular formula is C10H11NO4S. The monoisotopic (exact) mass is 241 g/mol. The van der Waals surface area contributed by atoms with Crippen LogP contribution in [0.4, 0.5) is 0 Å². The number of carboxylic acid groups (broad SMARTS) is 1. The lowest BCUT2D eigenvalue weighted by Gasteiger charge is -1.95. The maximum Gasteiger partial charge on any atom is 0.367 e. The van der Waals surface area contributed by atoms with Crippen molar-refractivity contribution >= 4 is 23.3 Å². The molecule has 0 bridgehead atoms. The van der Waals surface area contributed by atoms with E-state index in [2.05, 4.69) is 4.98 Å². The topological polar surface area (TPSA) is 76.5 Å². The second-order valence-electron chi connectivity index (χ2n) is 3.53. The summed E-state index contributed by atoms with van der Waals surface area (Å²) in [7, 11) is 0. The summed E-state index contributed by atoms with van der Waals surface area (Å²) in [6, 6.07) is 0. The van der Waals surface area contributed by atoms with Gasteiger partial charge in [0.1, 0.15) is 0 Å². The summed E-state index contributed by atoms with van der Waals surface area (Å²) in [6.45, 7) is 1.96. The van der Waals surface area contributed by atoms with Gasteiger partial charge in [0.05, 0.1) is 6.61 Å². The summed E-state index contributed by atoms with van der Waals surface area (Å²) in [5, 5.41) is 9.10. The van der Waals surface area contributed by atoms with Gasteiger partial charge in [-0.15, -0.1) is 11.3 Å². The predicted molar refractivity (Wildman–Crippen MR) is 57.0 cm³/mol. The predicted octanol–water partition coefficient (Wildman–Crippen LogP) is 1.90. The summed E-state index contributed by atoms with van der Waals surface area (Å²) < 4.78 is 4.79. The fourth-order valence-electron chi connectivity index (χ4n) is 1.39. The molecule has 1 N–H and O–H groups in total. The number of hydrogen-bond acceptors (Lipinski definition) is 5. The first kappa shape index (κ1) is 11.1. The van der Waals surface area contributed by atoms with Crippen LogP contribution in [0.5, 0.6) is 0 Å². The highest BCUT2D eigenvalue weighted by Gasteiger charge is 2.33. The molecule has 86 valence electrons. The van der Waals surface area contributed by atoms with Crippen LogP contribution in [-0.4, -0.2) is 28.6 Å². The van der Waals surface area contributed by atoms with Crippen molar-refractivity contribution in [3.63, 3.8) is 0 Å². The summed E-state index contributed by atoms with van der Waals surface area (Å²) in [6.07, 6.45) is 1.95. The number of aromatic nitrogens is 1. The first-order valence-corrected chi connectivity index (χ1v) is 5.86. The summed E-state index contributed by atoms with van der Waals surface area (Å²) in [4.78, 5) is 26.9. The summed E-state index contributed by atoms with van der Waals surface area (Å²) >= 11 is 1.14. The Kier molecular flexibility index (Phi) is 2.91. The Bertz CT molecular complexity index is 436. The molecule has 0 aromatic carbocycles. The first-order valence-electron chi connectivity index (χ1n) is 5.04. The van der Waals surface area contributed by atoms with Crippen molar-refractivity contribution < 1.29 is 19.4 Å². The average Bonchev–Trinajstić information content (AvgIpc) is 2.97. The number of carbonyl (C=O) groups excluding carboxylic acids is 1. The van der Waals surface area contributed by atoms with Gasteiger partial charge in [-0.25, -0.2) is 14.6 Å². The molecule has 5 nitrogen and oxygen atoms in total. The van der Waals surface area contributed by atoms with E-state index in [0.717, 1.165) is 24.2 Å². The van der Waals surface area contributed by atoms with Crippen molar-refractivity contribution in [2.24, 2.45) is 0 Å². The van der Waals surface area contributed by atoms with E-state index in [1.54, 1.807) is 6.92 Å². The SMILES string of the molecule is CCOC(=O)c1nc(C(=O)O)c(C2CC2)s1. The number of ether oxygens (including phenoxy) is 1. The van der Waals surface area contributed by atoms with Gasteiger partial charge in [0.25, 0.3) is 0 Å². The molecule has 1 aromatic rings. The van der Waals surface area contributed by atoms with Crippen LogP contribution in [0.25, 0.3) is 0 Å². The van der Waals surface area contributed by atoms with E-state index in [0.29, 0.717) is 4.88 Å². The molecule has 1 aliphatic rings. The smallest absolute Gasteiger partial charge is 0.367 e. The molecule has 1 fully saturated rings. The van der Waals surface area contributed by atoms with E-state index in [9.17, 15) is 9.59 Å². The number of carboxylic acids is 1. The van der Waals surface area contributed by atoms with Gasteiger partial charge in [-0.2, -0.15) is 0 Å². The highest BCUT2D eigenvalue weighted by Crippen LogP contribution is 2.44. The third-order valence-corrected chi connectivity index (χ3v) is 3.45. The van der Waals surface area contributed by atoms with E-state index in [1.807, 2.05) is 0 Å². The maximum atomic E-state index is 11.4. The van der Waals surface area contributed by atoms with Crippen molar-refractivity contribution in [2.75, 3.05) is 6.61 Å². The largest absolute Gasteiger partial charge is 0.476 e. The van der Waals surface area contributed by atoms with Crippen LogP contribution in [0, 0.1) is 0 Å². The van der Waals surface area contributed by atoms with E-state index in [4.69, 9.17) is 9.84 Å². The molecule has 0 unspecified atom stereocenters. The highest BCUT2D eigenvalue weighted by atomic mass is 32.1. The van der Waals surface area contributed by atoms with Gasteiger partial charge in [0.15, 0.2) is 5.69 Å². The Hall–Kier alpha value is -1.43. The van der Waals surface area contributed by atoms with Gasteiger partial charge < -0.3 is 9.84 Å². The molecule has 16 heavy (non-hydrogen) atoms. The Morgan fingerprint density at radius 3 is 2.75 bits per heavy atom. The van der Waals surface area contributed by atoms with Gasteiger partial charge >= 0.3 is 11.9 Å². The van der Waals surface area contributed by atoms with Crippen LogP contribution >= 0.6 is 11.3 Å². The van der Waals surface area contributed by atoms with Crippen LogP contribution in [-0.2, 0) is 4.74 Å². The van der Waals surface area contributed by atoms with Gasteiger partial charge in [0, 0.05) is 4.88 Å². The molecule has 0 saturated heterocycles. The molecule has 0 atom stereocenters. The third-order valence-electron chi connectivity index (χ3n) is 2.25. The van der Waals surface area contributed by atoms with Crippen molar-refractivity contribution in [3.8, 4) is 0 Å². The number of thiazole rings is 1. The number of carbonyl (C=O) groups is 2. The minimum Gasteiger partial charge on any atom is -0.476 e. The lowest BCUT2D eigenvalue weighted by molar-refractivity contribution is 0.0526. The Balaban J connectivity index is 2.30. The van der Waals surface area contributed by atoms with Crippen molar-refractivity contribution in [1.82, 2.24) is 4.98 Å². The van der Waals surface area contributed by atoms with E-state index in [-0.39, 0.29) is 23.2 Å². The van der Waals surface area contributed by atoms with Crippen molar-refractivity contribution in [2.45, 2.75) is 25.7 Å². The fraction of sp³-hybridized carbons (Fsp3) is 0.500. The Morgan fingerprint density at radius 2 is 2.25 bits per heavy atom. The number of esters is 1. The standard InChI is InChI=1S/C10H11NO4S/c1-2-15-10(14)8-11-6(9(12)13)7(16-8)5-3-4-5/h5H,2-4H2,1H3,(H,12,13). The number of rotatable bonds is 4. The third kappa shape index (κ3) is 2.06. The number of nitrogens with zero attached hydrogens (tertiary/aromatic N) is 1. The molecule has 0 aliphatic heterocycles. The quantitative estimate of drug-likeness (QED) is 0.814. The molecule has 1 heterocycles. The Labute approximate surface area is 96.1 Å². The molecule has 1 aromatic heterocycles. The summed E-state index contributed by atoms with van der Waals surface area (Å²) in [5.41, 5.74) is 0.00977. The second kappa shape index (κ2) is 4.21. The van der Waals surface area contributed by atoms with Crippen molar-refractivity contribution in [3.05, 3.63) is 15.6 Å². The molecule has 0 spiro atoms. The first-order chi connectivity index (χ1) is 7.63. The molecule has 0 amide bonds. The van der Waals surface area contributed by atoms with Crippen molar-refractivity contribution in [1.29, 1.82) is 0 Å². The Morgan fingerprint density at radius 1 is 1.56 bits per heavy atom. The van der Waals surface area contributed by atoms with E-state index in [1.165, 1.54) is 0 Å². The van der Waals surface area contributed by atoms with Crippen LogP contribution in [0.1, 0.15) is 50.9 Å². The van der Waals surface area contributed by atoms with E-state index >= 15 is 0 Å². The van der Waals surface area contributed by atoms with Crippen LogP contribution < -0.4 is 0 Å². The zero-order chi connectivity index (χ0) is 11.7. The van der Waals surface area contributed by atoms with Crippen LogP contribution in [0.2, 0.25) is 0 Å². The molecule has 1 aliphatic carbocycles. The van der Waals surface area contributed by atoms with Crippen LogP contribution in [0.3, 0.4) is 0 Å². The van der Waals surface area contributed by atoms with Gasteiger partial charge in [-0.05, 0) is 25.7 Å². The fourth-order valence-corrected chi connectivity index (χ4v) is 2.51. The second-order valence-corrected chi connectivity index (χ2v) is 4.56. The molecule has 2 rings (SSSR count). The zero-order valence-corrected chi connectivity index (χ0v) is 9.54. The van der Waals surface area contributed by atoms with Gasteiger partial charge in [-0.3, -0.25) is 0 Å². The molecular weight excluding hydrogens is 230 g/mol. The van der Waals surface area contributed by atoms with E-state index < -0.39 is 11.9 Å². The molecule has 6 heteroatoms. The number of aromatic carboxylic acids is 1. The average molecular weight is 241 g/mol. The minimum atomic E-state index is -1.08. The summed E-state index contributed by atoms with van der Waals surface area (Å²) in [5.74, 6) is -1.35. The molecule has 0 radical (unpaired) electrons. The van der Waals surface area contributed by atoms with Gasteiger partial charge in [-0.1, -0.05) is 0 Å². The maximum absolute atomic E-state index is 11.4. The molecule has 1 saturated carbocycles. The lowest BCUT2D eigenvalue weighted by Crippen LogP contribution is -2.05. The normalized spacial score (nSPS) is 14.8.